The molecular formula is C8H13N3. The Morgan fingerprint density at radius 1 is 1.73 bits per heavy atom. The summed E-state index contributed by atoms with van der Waals surface area (Å²) in [5, 5.41) is 7.78. The van der Waals surface area contributed by atoms with Crippen LogP contribution in [0.5, 0.6) is 0 Å². The van der Waals surface area contributed by atoms with Gasteiger partial charge in [0.1, 0.15) is 0 Å². The van der Waals surface area contributed by atoms with Crippen LogP contribution in [0.3, 0.4) is 0 Å². The quantitative estimate of drug-likeness (QED) is 0.583. The van der Waals surface area contributed by atoms with Crippen molar-refractivity contribution >= 4 is 0 Å². The Kier molecular flexibility index (Phi) is 1.46. The summed E-state index contributed by atoms with van der Waals surface area (Å²) in [6.45, 7) is 3.17. The standard InChI is InChI=1S/C8H13N3/c1-6-3-8-7(4-9-6)5-11(2)10-8/h5-6,9H,3-4H2,1-2H3/t6-/m0/s1. The van der Waals surface area contributed by atoms with Crippen LogP contribution in [-0.2, 0) is 20.0 Å². The van der Waals surface area contributed by atoms with Crippen LogP contribution in [0.4, 0.5) is 0 Å². The second-order valence-electron chi connectivity index (χ2n) is 3.26. The maximum atomic E-state index is 4.38. The lowest BCUT2D eigenvalue weighted by atomic mass is 10.1. The van der Waals surface area contributed by atoms with Gasteiger partial charge in [-0.25, -0.2) is 0 Å². The first-order valence-corrected chi connectivity index (χ1v) is 4.00. The molecule has 60 valence electrons. The van der Waals surface area contributed by atoms with Crippen LogP contribution in [0.1, 0.15) is 18.2 Å². The van der Waals surface area contributed by atoms with Gasteiger partial charge in [-0.15, -0.1) is 0 Å². The van der Waals surface area contributed by atoms with Crippen molar-refractivity contribution in [3.05, 3.63) is 17.5 Å². The molecule has 1 aromatic heterocycles. The van der Waals surface area contributed by atoms with E-state index in [9.17, 15) is 0 Å². The summed E-state index contributed by atoms with van der Waals surface area (Å²) in [5.74, 6) is 0. The number of nitrogens with one attached hydrogen (secondary N) is 1. The van der Waals surface area contributed by atoms with E-state index in [-0.39, 0.29) is 0 Å². The zero-order valence-corrected chi connectivity index (χ0v) is 6.96. The molecule has 1 N–H and O–H groups in total. The Morgan fingerprint density at radius 2 is 2.55 bits per heavy atom. The zero-order valence-electron chi connectivity index (χ0n) is 6.96. The molecular weight excluding hydrogens is 138 g/mol. The van der Waals surface area contributed by atoms with E-state index in [4.69, 9.17) is 0 Å². The number of rotatable bonds is 0. The second-order valence-corrected chi connectivity index (χ2v) is 3.26. The summed E-state index contributed by atoms with van der Waals surface area (Å²) in [6.07, 6.45) is 3.16. The Morgan fingerprint density at radius 3 is 3.36 bits per heavy atom. The summed E-state index contributed by atoms with van der Waals surface area (Å²) in [5.41, 5.74) is 2.62. The number of aryl methyl sites for hydroxylation is 1. The molecule has 1 aromatic rings. The van der Waals surface area contributed by atoms with Gasteiger partial charge in [0.05, 0.1) is 5.69 Å². The van der Waals surface area contributed by atoms with Gasteiger partial charge in [-0.3, -0.25) is 4.68 Å². The first-order valence-electron chi connectivity index (χ1n) is 4.00. The average molecular weight is 151 g/mol. The molecule has 1 aliphatic rings. The smallest absolute Gasteiger partial charge is 0.0684 e. The zero-order chi connectivity index (χ0) is 7.84. The molecule has 0 fully saturated rings. The average Bonchev–Trinajstić information content (AvgIpc) is 2.27. The summed E-state index contributed by atoms with van der Waals surface area (Å²) in [6, 6.07) is 0.581. The summed E-state index contributed by atoms with van der Waals surface area (Å²) in [7, 11) is 1.98. The fraction of sp³-hybridized carbons (Fsp3) is 0.625. The predicted octanol–water partition coefficient (Wildman–Crippen LogP) is 0.454. The molecule has 2 rings (SSSR count). The molecule has 0 spiro atoms. The third-order valence-corrected chi connectivity index (χ3v) is 2.13. The van der Waals surface area contributed by atoms with Crippen molar-refractivity contribution in [3.8, 4) is 0 Å². The predicted molar refractivity (Wildman–Crippen MR) is 43.2 cm³/mol. The lowest BCUT2D eigenvalue weighted by Gasteiger charge is -2.18. The number of hydrogen-bond donors (Lipinski definition) is 1. The number of nitrogens with zero attached hydrogens (tertiary/aromatic N) is 2. The first-order chi connectivity index (χ1) is 5.25. The molecule has 2 heterocycles. The molecule has 0 bridgehead atoms. The van der Waals surface area contributed by atoms with E-state index < -0.39 is 0 Å². The van der Waals surface area contributed by atoms with Crippen LogP contribution in [0.2, 0.25) is 0 Å². The number of aromatic nitrogens is 2. The Bertz CT molecular complexity index is 264. The third-order valence-electron chi connectivity index (χ3n) is 2.13. The molecule has 3 heteroatoms. The van der Waals surface area contributed by atoms with Crippen molar-refractivity contribution < 1.29 is 0 Å². The van der Waals surface area contributed by atoms with E-state index in [0.29, 0.717) is 6.04 Å². The SMILES string of the molecule is C[C@H]1Cc2nn(C)cc2CN1. The van der Waals surface area contributed by atoms with E-state index >= 15 is 0 Å². The fourth-order valence-corrected chi connectivity index (χ4v) is 1.55. The van der Waals surface area contributed by atoms with Crippen LogP contribution in [0, 0.1) is 0 Å². The highest BCUT2D eigenvalue weighted by molar-refractivity contribution is 5.20. The molecule has 0 unspecified atom stereocenters. The van der Waals surface area contributed by atoms with Gasteiger partial charge in [-0.2, -0.15) is 5.10 Å². The third kappa shape index (κ3) is 1.16. The van der Waals surface area contributed by atoms with Gasteiger partial charge in [0.15, 0.2) is 0 Å². The second kappa shape index (κ2) is 2.34. The largest absolute Gasteiger partial charge is 0.310 e. The maximum Gasteiger partial charge on any atom is 0.0684 e. The van der Waals surface area contributed by atoms with Gasteiger partial charge in [0.25, 0.3) is 0 Å². The number of fused-ring (bicyclic) bond motifs is 1. The van der Waals surface area contributed by atoms with Crippen molar-refractivity contribution in [1.29, 1.82) is 0 Å². The first kappa shape index (κ1) is 6.85. The normalized spacial score (nSPS) is 23.3. The van der Waals surface area contributed by atoms with Gasteiger partial charge < -0.3 is 5.32 Å². The molecule has 1 atom stereocenters. The molecule has 0 aliphatic carbocycles. The molecule has 1 aliphatic heterocycles. The molecule has 0 radical (unpaired) electrons. The van der Waals surface area contributed by atoms with Crippen LogP contribution >= 0.6 is 0 Å². The molecule has 11 heavy (non-hydrogen) atoms. The van der Waals surface area contributed by atoms with Crippen molar-refractivity contribution in [2.45, 2.75) is 25.9 Å². The summed E-state index contributed by atoms with van der Waals surface area (Å²) in [4.78, 5) is 0. The Hall–Kier alpha value is -0.830. The van der Waals surface area contributed by atoms with Gasteiger partial charge in [-0.05, 0) is 6.92 Å². The molecule has 0 aromatic carbocycles. The fourth-order valence-electron chi connectivity index (χ4n) is 1.55. The van der Waals surface area contributed by atoms with Gasteiger partial charge in [0, 0.05) is 37.8 Å². The topological polar surface area (TPSA) is 29.9 Å². The minimum atomic E-state index is 0.581. The van der Waals surface area contributed by atoms with E-state index in [1.54, 1.807) is 0 Å². The summed E-state index contributed by atoms with van der Waals surface area (Å²) >= 11 is 0. The molecule has 3 nitrogen and oxygen atoms in total. The maximum absolute atomic E-state index is 4.38. The molecule has 0 saturated carbocycles. The van der Waals surface area contributed by atoms with Crippen LogP contribution < -0.4 is 5.32 Å². The van der Waals surface area contributed by atoms with E-state index in [1.807, 2.05) is 11.7 Å². The minimum Gasteiger partial charge on any atom is -0.310 e. The molecule has 0 saturated heterocycles. The highest BCUT2D eigenvalue weighted by Crippen LogP contribution is 2.13. The highest BCUT2D eigenvalue weighted by atomic mass is 15.3. The van der Waals surface area contributed by atoms with Crippen LogP contribution in [-0.4, -0.2) is 15.8 Å². The highest BCUT2D eigenvalue weighted by Gasteiger charge is 2.16. The van der Waals surface area contributed by atoms with Crippen LogP contribution in [0.25, 0.3) is 0 Å². The van der Waals surface area contributed by atoms with Crippen molar-refractivity contribution in [3.63, 3.8) is 0 Å². The number of hydrogen-bond acceptors (Lipinski definition) is 2. The van der Waals surface area contributed by atoms with Gasteiger partial charge >= 0.3 is 0 Å². The van der Waals surface area contributed by atoms with Crippen molar-refractivity contribution in [1.82, 2.24) is 15.1 Å². The Labute approximate surface area is 66.4 Å². The lowest BCUT2D eigenvalue weighted by molar-refractivity contribution is 0.507. The molecule has 0 amide bonds. The van der Waals surface area contributed by atoms with E-state index in [1.165, 1.54) is 11.3 Å². The van der Waals surface area contributed by atoms with E-state index in [2.05, 4.69) is 23.5 Å². The van der Waals surface area contributed by atoms with E-state index in [0.717, 1.165) is 13.0 Å². The Balaban J connectivity index is 2.34. The van der Waals surface area contributed by atoms with Crippen LogP contribution in [0.15, 0.2) is 6.20 Å². The lowest BCUT2D eigenvalue weighted by Crippen LogP contribution is -2.32. The minimum absolute atomic E-state index is 0.581. The monoisotopic (exact) mass is 151 g/mol. The van der Waals surface area contributed by atoms with Crippen molar-refractivity contribution in [2.75, 3.05) is 0 Å². The summed E-state index contributed by atoms with van der Waals surface area (Å²) < 4.78 is 1.89. The van der Waals surface area contributed by atoms with Gasteiger partial charge in [0.2, 0.25) is 0 Å². The van der Waals surface area contributed by atoms with Crippen molar-refractivity contribution in [2.24, 2.45) is 7.05 Å². The van der Waals surface area contributed by atoms with Gasteiger partial charge in [-0.1, -0.05) is 0 Å².